The van der Waals surface area contributed by atoms with Crippen LogP contribution in [-0.4, -0.2) is 45.2 Å². The van der Waals surface area contributed by atoms with Crippen LogP contribution in [0.5, 0.6) is 0 Å². The standard InChI is InChI=1S/C17H20FN3O3/c1-11-4-5-12(9-14(11)18)17-19-15(24-20-17)6-7-16(23)21-8-2-3-13(21)10-22/h4-5,9,13,22H,2-3,6-8,10H2,1H3/t13-/m1/s1. The van der Waals surface area contributed by atoms with Crippen LogP contribution in [0.1, 0.15) is 30.7 Å². The molecule has 1 aliphatic rings. The van der Waals surface area contributed by atoms with E-state index in [4.69, 9.17) is 4.52 Å². The van der Waals surface area contributed by atoms with Crippen molar-refractivity contribution in [2.75, 3.05) is 13.2 Å². The molecule has 0 aliphatic carbocycles. The smallest absolute Gasteiger partial charge is 0.227 e. The number of benzene rings is 1. The Bertz CT molecular complexity index is 732. The molecule has 1 N–H and O–H groups in total. The molecule has 7 heteroatoms. The van der Waals surface area contributed by atoms with Crippen LogP contribution in [0.3, 0.4) is 0 Å². The average Bonchev–Trinajstić information content (AvgIpc) is 3.24. The number of aryl methyl sites for hydroxylation is 2. The lowest BCUT2D eigenvalue weighted by atomic mass is 10.1. The number of carbonyl (C=O) groups is 1. The molecular weight excluding hydrogens is 313 g/mol. The Hall–Kier alpha value is -2.28. The molecule has 0 bridgehead atoms. The van der Waals surface area contributed by atoms with Gasteiger partial charge in [-0.05, 0) is 31.4 Å². The van der Waals surface area contributed by atoms with E-state index in [1.807, 2.05) is 0 Å². The van der Waals surface area contributed by atoms with E-state index in [1.165, 1.54) is 6.07 Å². The third-order valence-electron chi connectivity index (χ3n) is 4.36. The van der Waals surface area contributed by atoms with E-state index in [-0.39, 0.29) is 30.8 Å². The van der Waals surface area contributed by atoms with E-state index in [0.29, 0.717) is 35.8 Å². The van der Waals surface area contributed by atoms with E-state index in [9.17, 15) is 14.3 Å². The predicted molar refractivity (Wildman–Crippen MR) is 84.6 cm³/mol. The molecule has 1 aliphatic heterocycles. The average molecular weight is 333 g/mol. The van der Waals surface area contributed by atoms with Crippen LogP contribution >= 0.6 is 0 Å². The summed E-state index contributed by atoms with van der Waals surface area (Å²) < 4.78 is 18.8. The molecule has 2 heterocycles. The van der Waals surface area contributed by atoms with Crippen molar-refractivity contribution >= 4 is 5.91 Å². The monoisotopic (exact) mass is 333 g/mol. The molecule has 6 nitrogen and oxygen atoms in total. The first-order valence-electron chi connectivity index (χ1n) is 8.08. The molecule has 0 radical (unpaired) electrons. The molecule has 1 aromatic heterocycles. The van der Waals surface area contributed by atoms with Gasteiger partial charge in [0.05, 0.1) is 12.6 Å². The van der Waals surface area contributed by atoms with Crippen LogP contribution in [0.15, 0.2) is 22.7 Å². The zero-order chi connectivity index (χ0) is 17.1. The molecule has 0 unspecified atom stereocenters. The van der Waals surface area contributed by atoms with Crippen LogP contribution in [0.25, 0.3) is 11.4 Å². The number of hydrogen-bond donors (Lipinski definition) is 1. The van der Waals surface area contributed by atoms with Gasteiger partial charge < -0.3 is 14.5 Å². The second-order valence-corrected chi connectivity index (χ2v) is 6.04. The van der Waals surface area contributed by atoms with Gasteiger partial charge in [0.25, 0.3) is 0 Å². The molecular formula is C17H20FN3O3. The number of aromatic nitrogens is 2. The van der Waals surface area contributed by atoms with Crippen LogP contribution in [0, 0.1) is 12.7 Å². The molecule has 1 fully saturated rings. The Balaban J connectivity index is 1.62. The zero-order valence-electron chi connectivity index (χ0n) is 13.5. The van der Waals surface area contributed by atoms with Crippen molar-refractivity contribution < 1.29 is 18.8 Å². The van der Waals surface area contributed by atoms with Gasteiger partial charge in [0.2, 0.25) is 17.6 Å². The summed E-state index contributed by atoms with van der Waals surface area (Å²) in [5.74, 6) is 0.315. The minimum atomic E-state index is -0.321. The highest BCUT2D eigenvalue weighted by Gasteiger charge is 2.27. The third kappa shape index (κ3) is 3.46. The van der Waals surface area contributed by atoms with Crippen molar-refractivity contribution in [2.24, 2.45) is 0 Å². The Morgan fingerprint density at radius 3 is 3.08 bits per heavy atom. The van der Waals surface area contributed by atoms with Gasteiger partial charge in [-0.15, -0.1) is 0 Å². The Morgan fingerprint density at radius 1 is 1.50 bits per heavy atom. The highest BCUT2D eigenvalue weighted by molar-refractivity contribution is 5.77. The number of aliphatic hydroxyl groups excluding tert-OH is 1. The molecule has 24 heavy (non-hydrogen) atoms. The second-order valence-electron chi connectivity index (χ2n) is 6.04. The maximum Gasteiger partial charge on any atom is 0.227 e. The fraction of sp³-hybridized carbons (Fsp3) is 0.471. The van der Waals surface area contributed by atoms with E-state index in [2.05, 4.69) is 10.1 Å². The lowest BCUT2D eigenvalue weighted by Gasteiger charge is -2.22. The number of amides is 1. The van der Waals surface area contributed by atoms with Crippen molar-refractivity contribution in [1.82, 2.24) is 15.0 Å². The molecule has 3 rings (SSSR count). The first-order chi connectivity index (χ1) is 11.6. The first kappa shape index (κ1) is 16.6. The highest BCUT2D eigenvalue weighted by atomic mass is 19.1. The fourth-order valence-corrected chi connectivity index (χ4v) is 2.92. The van der Waals surface area contributed by atoms with Crippen molar-refractivity contribution in [3.63, 3.8) is 0 Å². The lowest BCUT2D eigenvalue weighted by Crippen LogP contribution is -2.37. The van der Waals surface area contributed by atoms with Crippen LogP contribution in [-0.2, 0) is 11.2 Å². The van der Waals surface area contributed by atoms with Gasteiger partial charge in [-0.1, -0.05) is 17.3 Å². The molecule has 2 aromatic rings. The number of rotatable bonds is 5. The highest BCUT2D eigenvalue weighted by Crippen LogP contribution is 2.21. The number of halogens is 1. The maximum absolute atomic E-state index is 13.6. The van der Waals surface area contributed by atoms with Gasteiger partial charge in [0, 0.05) is 24.9 Å². The SMILES string of the molecule is Cc1ccc(-c2noc(CCC(=O)N3CCC[C@@H]3CO)n2)cc1F. The van der Waals surface area contributed by atoms with Gasteiger partial charge in [0.15, 0.2) is 0 Å². The minimum absolute atomic E-state index is 0.00453. The van der Waals surface area contributed by atoms with Crippen molar-refractivity contribution in [2.45, 2.75) is 38.6 Å². The quantitative estimate of drug-likeness (QED) is 0.906. The van der Waals surface area contributed by atoms with E-state index in [1.54, 1.807) is 24.0 Å². The molecule has 1 atom stereocenters. The third-order valence-corrected chi connectivity index (χ3v) is 4.36. The molecule has 1 aromatic carbocycles. The van der Waals surface area contributed by atoms with Crippen molar-refractivity contribution in [3.8, 4) is 11.4 Å². The van der Waals surface area contributed by atoms with Gasteiger partial charge in [-0.25, -0.2) is 4.39 Å². The number of likely N-dealkylation sites (tertiary alicyclic amines) is 1. The number of aliphatic hydroxyl groups is 1. The predicted octanol–water partition coefficient (Wildman–Crippen LogP) is 2.10. The van der Waals surface area contributed by atoms with E-state index < -0.39 is 0 Å². The van der Waals surface area contributed by atoms with E-state index in [0.717, 1.165) is 12.8 Å². The van der Waals surface area contributed by atoms with Gasteiger partial charge >= 0.3 is 0 Å². The maximum atomic E-state index is 13.6. The minimum Gasteiger partial charge on any atom is -0.394 e. The summed E-state index contributed by atoms with van der Waals surface area (Å²) in [6.07, 6.45) is 2.34. The largest absolute Gasteiger partial charge is 0.394 e. The summed E-state index contributed by atoms with van der Waals surface area (Å²) in [4.78, 5) is 18.2. The Morgan fingerprint density at radius 2 is 2.33 bits per heavy atom. The summed E-state index contributed by atoms with van der Waals surface area (Å²) in [6, 6.07) is 4.68. The Labute approximate surface area is 139 Å². The molecule has 0 spiro atoms. The number of carbonyl (C=O) groups excluding carboxylic acids is 1. The van der Waals surface area contributed by atoms with Crippen LogP contribution in [0.4, 0.5) is 4.39 Å². The van der Waals surface area contributed by atoms with Gasteiger partial charge in [-0.2, -0.15) is 4.98 Å². The molecule has 128 valence electrons. The van der Waals surface area contributed by atoms with Crippen LogP contribution < -0.4 is 0 Å². The van der Waals surface area contributed by atoms with Gasteiger partial charge in [0.1, 0.15) is 5.82 Å². The summed E-state index contributed by atoms with van der Waals surface area (Å²) >= 11 is 0. The summed E-state index contributed by atoms with van der Waals surface area (Å²) in [6.45, 7) is 2.36. The molecule has 1 amide bonds. The van der Waals surface area contributed by atoms with Crippen LogP contribution in [0.2, 0.25) is 0 Å². The lowest BCUT2D eigenvalue weighted by molar-refractivity contribution is -0.132. The normalized spacial score (nSPS) is 17.5. The summed E-state index contributed by atoms with van der Waals surface area (Å²) in [5.41, 5.74) is 1.09. The zero-order valence-corrected chi connectivity index (χ0v) is 13.5. The number of hydrogen-bond acceptors (Lipinski definition) is 5. The fourth-order valence-electron chi connectivity index (χ4n) is 2.92. The first-order valence-corrected chi connectivity index (χ1v) is 8.08. The van der Waals surface area contributed by atoms with Crippen molar-refractivity contribution in [3.05, 3.63) is 35.5 Å². The summed E-state index contributed by atoms with van der Waals surface area (Å²) in [5, 5.41) is 13.1. The topological polar surface area (TPSA) is 79.5 Å². The van der Waals surface area contributed by atoms with Gasteiger partial charge in [-0.3, -0.25) is 4.79 Å². The summed E-state index contributed by atoms with van der Waals surface area (Å²) in [7, 11) is 0. The Kier molecular flexibility index (Phi) is 4.89. The van der Waals surface area contributed by atoms with Crippen molar-refractivity contribution in [1.29, 1.82) is 0 Å². The number of nitrogens with zero attached hydrogens (tertiary/aromatic N) is 3. The van der Waals surface area contributed by atoms with E-state index >= 15 is 0 Å². The molecule has 0 saturated carbocycles. The molecule has 1 saturated heterocycles. The second kappa shape index (κ2) is 7.09.